The molecule has 150 valence electrons. The lowest BCUT2D eigenvalue weighted by atomic mass is 10.2. The molecule has 2 aliphatic heterocycles. The van der Waals surface area contributed by atoms with Crippen molar-refractivity contribution >= 4 is 35.6 Å². The zero-order chi connectivity index (χ0) is 20.3. The summed E-state index contributed by atoms with van der Waals surface area (Å²) in [6.07, 6.45) is 0.264. The number of nitrogens with one attached hydrogen (secondary N) is 1. The Bertz CT molecular complexity index is 817. The van der Waals surface area contributed by atoms with Crippen molar-refractivity contribution in [2.24, 2.45) is 10.8 Å². The smallest absolute Gasteiger partial charge is 0.414 e. The van der Waals surface area contributed by atoms with E-state index < -0.39 is 18.0 Å². The molecule has 0 radical (unpaired) electrons. The Kier molecular flexibility index (Phi) is 5.73. The molecule has 1 aromatic rings. The van der Waals surface area contributed by atoms with Crippen LogP contribution in [0.15, 0.2) is 23.3 Å². The van der Waals surface area contributed by atoms with Crippen LogP contribution in [0.5, 0.6) is 0 Å². The van der Waals surface area contributed by atoms with Gasteiger partial charge in [-0.25, -0.2) is 14.2 Å². The van der Waals surface area contributed by atoms with Crippen LogP contribution in [-0.4, -0.2) is 68.1 Å². The third-order valence-electron chi connectivity index (χ3n) is 4.35. The molecule has 10 nitrogen and oxygen atoms in total. The van der Waals surface area contributed by atoms with Crippen LogP contribution < -0.4 is 20.9 Å². The summed E-state index contributed by atoms with van der Waals surface area (Å²) in [7, 11) is 0. The Morgan fingerprint density at radius 3 is 2.79 bits per heavy atom. The first-order valence-electron chi connectivity index (χ1n) is 8.72. The summed E-state index contributed by atoms with van der Waals surface area (Å²) in [6, 6.07) is 4.37. The van der Waals surface area contributed by atoms with Gasteiger partial charge in [-0.2, -0.15) is 5.10 Å². The highest BCUT2D eigenvalue weighted by Crippen LogP contribution is 2.28. The average molecular weight is 392 g/mol. The third-order valence-corrected chi connectivity index (χ3v) is 4.35. The molecule has 3 N–H and O–H groups in total. The van der Waals surface area contributed by atoms with E-state index in [9.17, 15) is 18.8 Å². The molecule has 0 aromatic heterocycles. The molecule has 2 aliphatic rings. The van der Waals surface area contributed by atoms with E-state index >= 15 is 0 Å². The summed E-state index contributed by atoms with van der Waals surface area (Å²) in [4.78, 5) is 37.4. The number of ether oxygens (including phenoxy) is 1. The second kappa shape index (κ2) is 8.21. The first-order valence-corrected chi connectivity index (χ1v) is 8.72. The highest BCUT2D eigenvalue weighted by molar-refractivity contribution is 5.91. The fraction of sp³-hybridized carbons (Fsp3) is 0.412. The minimum Gasteiger partial charge on any atom is -0.442 e. The second-order valence-corrected chi connectivity index (χ2v) is 6.33. The minimum atomic E-state index is -0.599. The number of amides is 3. The summed E-state index contributed by atoms with van der Waals surface area (Å²) in [5.41, 5.74) is 5.93. The molecule has 3 amide bonds. The van der Waals surface area contributed by atoms with Crippen LogP contribution in [0.2, 0.25) is 0 Å². The minimum absolute atomic E-state index is 0.144. The lowest BCUT2D eigenvalue weighted by Gasteiger charge is -2.29. The number of carbonyl (C=O) groups is 3. The van der Waals surface area contributed by atoms with Crippen LogP contribution in [0.1, 0.15) is 6.92 Å². The van der Waals surface area contributed by atoms with E-state index in [2.05, 4.69) is 10.4 Å². The first kappa shape index (κ1) is 19.5. The SMILES string of the molecule is CC(=O)NC[C@H]1CN(c2ccc(N3C=NN(C(=O)CN)CC3)c(F)c2)C(=O)O1. The van der Waals surface area contributed by atoms with Crippen LogP contribution in [0.25, 0.3) is 0 Å². The van der Waals surface area contributed by atoms with Gasteiger partial charge < -0.3 is 20.7 Å². The average Bonchev–Trinajstić information content (AvgIpc) is 3.06. The highest BCUT2D eigenvalue weighted by atomic mass is 19.1. The molecule has 0 aliphatic carbocycles. The molecule has 1 atom stereocenters. The van der Waals surface area contributed by atoms with Gasteiger partial charge in [0, 0.05) is 13.5 Å². The van der Waals surface area contributed by atoms with Crippen molar-refractivity contribution in [3.8, 4) is 0 Å². The maximum absolute atomic E-state index is 14.6. The maximum Gasteiger partial charge on any atom is 0.414 e. The van der Waals surface area contributed by atoms with Gasteiger partial charge in [0.1, 0.15) is 18.3 Å². The van der Waals surface area contributed by atoms with Crippen molar-refractivity contribution in [2.45, 2.75) is 13.0 Å². The number of rotatable bonds is 5. The third kappa shape index (κ3) is 4.19. The van der Waals surface area contributed by atoms with E-state index in [1.165, 1.54) is 35.3 Å². The maximum atomic E-state index is 14.6. The number of carbonyl (C=O) groups excluding carboxylic acids is 3. The molecule has 0 bridgehead atoms. The first-order chi connectivity index (χ1) is 13.4. The van der Waals surface area contributed by atoms with E-state index in [4.69, 9.17) is 10.5 Å². The van der Waals surface area contributed by atoms with Gasteiger partial charge in [-0.05, 0) is 18.2 Å². The van der Waals surface area contributed by atoms with E-state index in [1.807, 2.05) is 0 Å². The summed E-state index contributed by atoms with van der Waals surface area (Å²) in [5.74, 6) is -1.08. The number of hydrogen-bond donors (Lipinski definition) is 2. The Hall–Kier alpha value is -3.21. The number of halogens is 1. The summed E-state index contributed by atoms with van der Waals surface area (Å²) >= 11 is 0. The van der Waals surface area contributed by atoms with Crippen LogP contribution in [0.3, 0.4) is 0 Å². The van der Waals surface area contributed by atoms with Crippen LogP contribution >= 0.6 is 0 Å². The van der Waals surface area contributed by atoms with Crippen molar-refractivity contribution < 1.29 is 23.5 Å². The number of nitrogens with zero attached hydrogens (tertiary/aromatic N) is 4. The van der Waals surface area contributed by atoms with Gasteiger partial charge in [0.25, 0.3) is 5.91 Å². The number of cyclic esters (lactones) is 1. The standard InChI is InChI=1S/C17H21FN6O4/c1-11(25)20-8-13-9-23(17(27)28-13)12-2-3-15(14(18)6-12)22-4-5-24(21-10-22)16(26)7-19/h2-3,6,10,13H,4-5,7-9,19H2,1H3,(H,20,25)/t13-/m0/s1. The highest BCUT2D eigenvalue weighted by Gasteiger charge is 2.33. The summed E-state index contributed by atoms with van der Waals surface area (Å²) in [5, 5.41) is 7.79. The van der Waals surface area contributed by atoms with Gasteiger partial charge in [-0.15, -0.1) is 0 Å². The van der Waals surface area contributed by atoms with Crippen LogP contribution in [0, 0.1) is 5.82 Å². The Morgan fingerprint density at radius 1 is 1.39 bits per heavy atom. The van der Waals surface area contributed by atoms with Crippen molar-refractivity contribution in [2.75, 3.05) is 42.5 Å². The molecule has 0 unspecified atom stereocenters. The molecule has 2 heterocycles. The molecular formula is C17H21FN6O4. The topological polar surface area (TPSA) is 121 Å². The molecule has 0 spiro atoms. The lowest BCUT2D eigenvalue weighted by molar-refractivity contribution is -0.129. The van der Waals surface area contributed by atoms with Gasteiger partial charge in [0.05, 0.1) is 37.6 Å². The molecule has 11 heteroatoms. The Balaban J connectivity index is 1.69. The van der Waals surface area contributed by atoms with Crippen molar-refractivity contribution in [3.05, 3.63) is 24.0 Å². The van der Waals surface area contributed by atoms with E-state index in [0.717, 1.165) is 0 Å². The predicted octanol–water partition coefficient (Wildman–Crippen LogP) is -0.162. The molecule has 3 rings (SSSR count). The molecule has 1 saturated heterocycles. The molecule has 1 fully saturated rings. The summed E-state index contributed by atoms with van der Waals surface area (Å²) in [6.45, 7) is 2.28. The molecule has 28 heavy (non-hydrogen) atoms. The largest absolute Gasteiger partial charge is 0.442 e. The number of hydrazone groups is 1. The van der Waals surface area contributed by atoms with Crippen molar-refractivity contribution in [3.63, 3.8) is 0 Å². The Morgan fingerprint density at radius 2 is 2.18 bits per heavy atom. The van der Waals surface area contributed by atoms with Crippen molar-refractivity contribution in [1.29, 1.82) is 0 Å². The van der Waals surface area contributed by atoms with Crippen LogP contribution in [0.4, 0.5) is 20.6 Å². The van der Waals surface area contributed by atoms with Crippen LogP contribution in [-0.2, 0) is 14.3 Å². The fourth-order valence-corrected chi connectivity index (χ4v) is 2.91. The summed E-state index contributed by atoms with van der Waals surface area (Å²) < 4.78 is 19.8. The van der Waals surface area contributed by atoms with Gasteiger partial charge in [-0.3, -0.25) is 14.5 Å². The van der Waals surface area contributed by atoms with Gasteiger partial charge in [-0.1, -0.05) is 0 Å². The van der Waals surface area contributed by atoms with Gasteiger partial charge >= 0.3 is 6.09 Å². The quantitative estimate of drug-likeness (QED) is 0.718. The molecular weight excluding hydrogens is 371 g/mol. The monoisotopic (exact) mass is 392 g/mol. The zero-order valence-electron chi connectivity index (χ0n) is 15.3. The normalized spacial score (nSPS) is 19.0. The van der Waals surface area contributed by atoms with Gasteiger partial charge in [0.2, 0.25) is 5.91 Å². The van der Waals surface area contributed by atoms with Crippen molar-refractivity contribution in [1.82, 2.24) is 10.3 Å². The molecule has 1 aromatic carbocycles. The Labute approximate surface area is 160 Å². The zero-order valence-corrected chi connectivity index (χ0v) is 15.3. The predicted molar refractivity (Wildman–Crippen MR) is 99.3 cm³/mol. The number of nitrogens with two attached hydrogens (primary N) is 1. The number of benzene rings is 1. The van der Waals surface area contributed by atoms with E-state index in [1.54, 1.807) is 11.0 Å². The number of anilines is 2. The van der Waals surface area contributed by atoms with E-state index in [0.29, 0.717) is 12.2 Å². The lowest BCUT2D eigenvalue weighted by Crippen LogP contribution is -2.43. The van der Waals surface area contributed by atoms with E-state index in [-0.39, 0.29) is 43.7 Å². The second-order valence-electron chi connectivity index (χ2n) is 6.33. The fourth-order valence-electron chi connectivity index (χ4n) is 2.91. The number of hydrogen-bond acceptors (Lipinski definition) is 7. The van der Waals surface area contributed by atoms with Gasteiger partial charge in [0.15, 0.2) is 0 Å². The molecule has 0 saturated carbocycles.